The molecule has 0 fully saturated rings. The molecule has 0 atom stereocenters. The number of aromatic hydroxyl groups is 2. The first kappa shape index (κ1) is 13.9. The first-order chi connectivity index (χ1) is 9.97. The second-order valence-corrected chi connectivity index (χ2v) is 5.68. The van der Waals surface area contributed by atoms with Crippen LogP contribution in [-0.2, 0) is 0 Å². The third-order valence-electron chi connectivity index (χ3n) is 3.16. The largest absolute Gasteiger partial charge is 0.508 e. The highest BCUT2D eigenvalue weighted by molar-refractivity contribution is 14.1. The highest BCUT2D eigenvalue weighted by Gasteiger charge is 2.11. The SMILES string of the molecule is O=c1c2ccc(O)cc2c(I)cn1-c1ccc(O)c(F)c1. The normalized spacial score (nSPS) is 11.0. The Balaban J connectivity index is 2.34. The summed E-state index contributed by atoms with van der Waals surface area (Å²) in [7, 11) is 0. The maximum atomic E-state index is 13.5. The zero-order valence-electron chi connectivity index (χ0n) is 10.5. The van der Waals surface area contributed by atoms with Crippen LogP contribution in [0.3, 0.4) is 0 Å². The van der Waals surface area contributed by atoms with Gasteiger partial charge in [-0.05, 0) is 52.9 Å². The van der Waals surface area contributed by atoms with E-state index in [-0.39, 0.29) is 11.3 Å². The Bertz CT molecular complexity index is 921. The summed E-state index contributed by atoms with van der Waals surface area (Å²) in [6, 6.07) is 8.23. The summed E-state index contributed by atoms with van der Waals surface area (Å²) in [6.07, 6.45) is 1.57. The van der Waals surface area contributed by atoms with Crippen LogP contribution in [0.25, 0.3) is 16.5 Å². The predicted molar refractivity (Wildman–Crippen MR) is 85.5 cm³/mol. The molecule has 21 heavy (non-hydrogen) atoms. The Kier molecular flexibility index (Phi) is 3.32. The highest BCUT2D eigenvalue weighted by atomic mass is 127. The number of hydrogen-bond acceptors (Lipinski definition) is 3. The van der Waals surface area contributed by atoms with Crippen molar-refractivity contribution in [1.82, 2.24) is 4.57 Å². The second-order valence-electron chi connectivity index (χ2n) is 4.52. The van der Waals surface area contributed by atoms with Crippen molar-refractivity contribution in [3.8, 4) is 17.2 Å². The average molecular weight is 397 g/mol. The van der Waals surface area contributed by atoms with Gasteiger partial charge in [-0.3, -0.25) is 9.36 Å². The number of benzene rings is 2. The molecule has 3 rings (SSSR count). The lowest BCUT2D eigenvalue weighted by Gasteiger charge is -2.10. The zero-order valence-corrected chi connectivity index (χ0v) is 12.7. The fraction of sp³-hybridized carbons (Fsp3) is 0. The van der Waals surface area contributed by atoms with Gasteiger partial charge in [-0.1, -0.05) is 0 Å². The van der Waals surface area contributed by atoms with E-state index in [1.807, 2.05) is 22.6 Å². The molecule has 0 aliphatic rings. The molecule has 6 heteroatoms. The van der Waals surface area contributed by atoms with Crippen molar-refractivity contribution in [2.24, 2.45) is 0 Å². The second kappa shape index (κ2) is 5.03. The van der Waals surface area contributed by atoms with Crippen molar-refractivity contribution < 1.29 is 14.6 Å². The molecule has 0 radical (unpaired) electrons. The van der Waals surface area contributed by atoms with Crippen molar-refractivity contribution in [2.75, 3.05) is 0 Å². The Morgan fingerprint density at radius 1 is 1.05 bits per heavy atom. The van der Waals surface area contributed by atoms with Crippen LogP contribution in [0.4, 0.5) is 4.39 Å². The van der Waals surface area contributed by atoms with Crippen LogP contribution in [-0.4, -0.2) is 14.8 Å². The van der Waals surface area contributed by atoms with Crippen LogP contribution in [0.5, 0.6) is 11.5 Å². The lowest BCUT2D eigenvalue weighted by Crippen LogP contribution is -2.18. The Hall–Kier alpha value is -2.09. The summed E-state index contributed by atoms with van der Waals surface area (Å²) in [6.45, 7) is 0. The monoisotopic (exact) mass is 397 g/mol. The molecule has 0 spiro atoms. The molecule has 4 nitrogen and oxygen atoms in total. The molecule has 0 bridgehead atoms. The minimum atomic E-state index is -0.791. The van der Waals surface area contributed by atoms with Crippen LogP contribution >= 0.6 is 22.6 Å². The van der Waals surface area contributed by atoms with E-state index in [9.17, 15) is 19.4 Å². The van der Waals surface area contributed by atoms with Crippen LogP contribution < -0.4 is 5.56 Å². The van der Waals surface area contributed by atoms with E-state index in [1.165, 1.54) is 34.9 Å². The van der Waals surface area contributed by atoms with E-state index in [0.717, 1.165) is 9.64 Å². The molecule has 0 saturated carbocycles. The molecule has 0 aliphatic carbocycles. The number of rotatable bonds is 1. The first-order valence-electron chi connectivity index (χ1n) is 6.00. The fourth-order valence-electron chi connectivity index (χ4n) is 2.13. The molecule has 1 heterocycles. The Labute approximate surface area is 132 Å². The van der Waals surface area contributed by atoms with E-state index in [0.29, 0.717) is 16.5 Å². The molecular weight excluding hydrogens is 388 g/mol. The van der Waals surface area contributed by atoms with E-state index in [4.69, 9.17) is 0 Å². The zero-order chi connectivity index (χ0) is 15.1. The van der Waals surface area contributed by atoms with Gasteiger partial charge in [0.05, 0.1) is 5.69 Å². The van der Waals surface area contributed by atoms with E-state index < -0.39 is 11.6 Å². The number of phenolic OH excluding ortho intramolecular Hbond substituents is 2. The molecule has 106 valence electrons. The van der Waals surface area contributed by atoms with Crippen LogP contribution in [0.2, 0.25) is 0 Å². The number of nitrogens with zero attached hydrogens (tertiary/aromatic N) is 1. The summed E-state index contributed by atoms with van der Waals surface area (Å²) < 4.78 is 15.5. The summed E-state index contributed by atoms with van der Waals surface area (Å²) in [5.74, 6) is -1.18. The Morgan fingerprint density at radius 2 is 1.81 bits per heavy atom. The van der Waals surface area contributed by atoms with Crippen molar-refractivity contribution >= 4 is 33.4 Å². The third kappa shape index (κ3) is 2.35. The molecular formula is C15H9FINO3. The number of fused-ring (bicyclic) bond motifs is 1. The van der Waals surface area contributed by atoms with Crippen molar-refractivity contribution in [3.63, 3.8) is 0 Å². The summed E-state index contributed by atoms with van der Waals surface area (Å²) >= 11 is 2.05. The van der Waals surface area contributed by atoms with Crippen LogP contribution in [0.1, 0.15) is 0 Å². The van der Waals surface area contributed by atoms with E-state index >= 15 is 0 Å². The number of halogens is 2. The summed E-state index contributed by atoms with van der Waals surface area (Å²) in [5.41, 5.74) is -0.00121. The third-order valence-corrected chi connectivity index (χ3v) is 4.02. The van der Waals surface area contributed by atoms with Gasteiger partial charge in [0.1, 0.15) is 5.75 Å². The minimum absolute atomic E-state index is 0.0771. The summed E-state index contributed by atoms with van der Waals surface area (Å²) in [4.78, 5) is 12.5. The van der Waals surface area contributed by atoms with Crippen molar-refractivity contribution in [1.29, 1.82) is 0 Å². The maximum absolute atomic E-state index is 13.5. The van der Waals surface area contributed by atoms with Gasteiger partial charge in [0, 0.05) is 26.6 Å². The lowest BCUT2D eigenvalue weighted by atomic mass is 10.1. The summed E-state index contributed by atoms with van der Waals surface area (Å²) in [5, 5.41) is 19.8. The lowest BCUT2D eigenvalue weighted by molar-refractivity contribution is 0.432. The Morgan fingerprint density at radius 3 is 2.52 bits per heavy atom. The molecule has 0 saturated heterocycles. The molecule has 2 aromatic carbocycles. The van der Waals surface area contributed by atoms with Crippen LogP contribution in [0.15, 0.2) is 47.4 Å². The van der Waals surface area contributed by atoms with Gasteiger partial charge in [-0.2, -0.15) is 0 Å². The first-order valence-corrected chi connectivity index (χ1v) is 7.08. The van der Waals surface area contributed by atoms with Gasteiger partial charge >= 0.3 is 0 Å². The molecule has 3 aromatic rings. The molecule has 0 amide bonds. The van der Waals surface area contributed by atoms with Gasteiger partial charge in [0.25, 0.3) is 5.56 Å². The fourth-order valence-corrected chi connectivity index (χ4v) is 2.85. The van der Waals surface area contributed by atoms with E-state index in [1.54, 1.807) is 6.20 Å². The van der Waals surface area contributed by atoms with Gasteiger partial charge in [-0.15, -0.1) is 0 Å². The average Bonchev–Trinajstić information content (AvgIpc) is 2.46. The van der Waals surface area contributed by atoms with Crippen molar-refractivity contribution in [3.05, 3.63) is 62.3 Å². The number of phenols is 2. The quantitative estimate of drug-likeness (QED) is 0.621. The van der Waals surface area contributed by atoms with Gasteiger partial charge < -0.3 is 10.2 Å². The number of hydrogen-bond donors (Lipinski definition) is 2. The van der Waals surface area contributed by atoms with Crippen molar-refractivity contribution in [2.45, 2.75) is 0 Å². The number of aromatic nitrogens is 1. The number of pyridine rings is 1. The topological polar surface area (TPSA) is 62.5 Å². The predicted octanol–water partition coefficient (Wildman–Crippen LogP) is 3.15. The molecule has 2 N–H and O–H groups in total. The molecule has 0 unspecified atom stereocenters. The molecule has 0 aliphatic heterocycles. The smallest absolute Gasteiger partial charge is 0.263 e. The van der Waals surface area contributed by atoms with Gasteiger partial charge in [-0.25, -0.2) is 4.39 Å². The van der Waals surface area contributed by atoms with Gasteiger partial charge in [0.2, 0.25) is 0 Å². The highest BCUT2D eigenvalue weighted by Crippen LogP contribution is 2.24. The minimum Gasteiger partial charge on any atom is -0.508 e. The standard InChI is InChI=1S/C15H9FINO3/c16-12-5-8(1-4-14(12)20)18-7-13(17)11-6-9(19)2-3-10(11)15(18)21/h1-7,19-20H. The van der Waals surface area contributed by atoms with Gasteiger partial charge in [0.15, 0.2) is 11.6 Å². The maximum Gasteiger partial charge on any atom is 0.263 e. The van der Waals surface area contributed by atoms with E-state index in [2.05, 4.69) is 0 Å². The van der Waals surface area contributed by atoms with Crippen LogP contribution in [0, 0.1) is 9.39 Å². The molecule has 1 aromatic heterocycles.